The molecule has 2 aromatic carbocycles. The van der Waals surface area contributed by atoms with E-state index in [4.69, 9.17) is 4.74 Å². The van der Waals surface area contributed by atoms with Crippen molar-refractivity contribution in [3.05, 3.63) is 59.7 Å². The predicted molar refractivity (Wildman–Crippen MR) is 101 cm³/mol. The summed E-state index contributed by atoms with van der Waals surface area (Å²) in [5.41, 5.74) is 2.54. The van der Waals surface area contributed by atoms with Crippen molar-refractivity contribution in [2.24, 2.45) is 0 Å². The maximum atomic E-state index is 5.78. The molecule has 0 radical (unpaired) electrons. The maximum Gasteiger partial charge on any atom is 0.130 e. The molecule has 3 rings (SSSR count). The van der Waals surface area contributed by atoms with Gasteiger partial charge in [-0.05, 0) is 23.3 Å². The number of para-hydroxylation sites is 2. The second-order valence-corrected chi connectivity index (χ2v) is 9.21. The highest BCUT2D eigenvalue weighted by atomic mass is 33.1. The van der Waals surface area contributed by atoms with Crippen molar-refractivity contribution in [2.75, 3.05) is 0 Å². The van der Waals surface area contributed by atoms with Crippen LogP contribution in [0.2, 0.25) is 0 Å². The van der Waals surface area contributed by atoms with E-state index in [-0.39, 0.29) is 0 Å². The smallest absolute Gasteiger partial charge is 0.130 e. The first kappa shape index (κ1) is 17.3. The van der Waals surface area contributed by atoms with Gasteiger partial charge in [0.2, 0.25) is 0 Å². The molecule has 1 heterocycles. The van der Waals surface area contributed by atoms with Crippen LogP contribution in [-0.2, 0) is 6.42 Å². The summed E-state index contributed by atoms with van der Waals surface area (Å²) in [5, 5.41) is 1.53. The average molecular weight is 333 g/mol. The number of benzene rings is 2. The zero-order valence-corrected chi connectivity index (χ0v) is 15.3. The molecule has 0 saturated heterocycles. The van der Waals surface area contributed by atoms with Crippen molar-refractivity contribution < 1.29 is 4.74 Å². The first-order valence-electron chi connectivity index (χ1n) is 7.72. The largest absolute Gasteiger partial charge is 0.457 e. The molecular formula is C19H24OS2. The molecule has 118 valence electrons. The van der Waals surface area contributed by atoms with Crippen LogP contribution in [0.25, 0.3) is 0 Å². The molecule has 0 amide bonds. The highest BCUT2D eigenvalue weighted by Gasteiger charge is 2.14. The number of rotatable bonds is 3. The van der Waals surface area contributed by atoms with E-state index in [0.717, 1.165) is 28.4 Å². The normalized spacial score (nSPS) is 12.1. The van der Waals surface area contributed by atoms with E-state index in [0.29, 0.717) is 0 Å². The van der Waals surface area contributed by atoms with E-state index < -0.39 is 0 Å². The fraction of sp³-hybridized carbons (Fsp3) is 0.368. The van der Waals surface area contributed by atoms with Gasteiger partial charge in [0, 0.05) is 16.9 Å². The van der Waals surface area contributed by atoms with Gasteiger partial charge in [0.05, 0.1) is 0 Å². The third-order valence-corrected chi connectivity index (χ3v) is 6.51. The fourth-order valence-corrected chi connectivity index (χ4v) is 3.82. The van der Waals surface area contributed by atoms with E-state index in [1.165, 1.54) is 11.1 Å². The molecule has 2 aromatic rings. The zero-order valence-electron chi connectivity index (χ0n) is 13.7. The molecule has 0 fully saturated rings. The van der Waals surface area contributed by atoms with Crippen molar-refractivity contribution in [1.29, 1.82) is 0 Å². The van der Waals surface area contributed by atoms with Crippen molar-refractivity contribution in [3.8, 4) is 11.5 Å². The van der Waals surface area contributed by atoms with Crippen LogP contribution in [0.1, 0.15) is 38.8 Å². The quantitative estimate of drug-likeness (QED) is 0.502. The summed E-state index contributed by atoms with van der Waals surface area (Å²) < 4.78 is 5.78. The summed E-state index contributed by atoms with van der Waals surface area (Å²) in [6, 6.07) is 16.4. The lowest BCUT2D eigenvalue weighted by Gasteiger charge is -2.19. The lowest BCUT2D eigenvalue weighted by Crippen LogP contribution is -2.01. The molecular weight excluding hydrogens is 308 g/mol. The Bertz CT molecular complexity index is 498. The molecule has 0 spiro atoms. The number of fused-ring (bicyclic) bond motifs is 2. The Morgan fingerprint density at radius 1 is 0.727 bits per heavy atom. The van der Waals surface area contributed by atoms with E-state index in [1.54, 1.807) is 0 Å². The van der Waals surface area contributed by atoms with Gasteiger partial charge >= 0.3 is 0 Å². The first-order valence-corrected chi connectivity index (χ1v) is 9.99. The molecule has 1 aliphatic rings. The highest BCUT2D eigenvalue weighted by Crippen LogP contribution is 2.35. The van der Waals surface area contributed by atoms with Gasteiger partial charge in [0.25, 0.3) is 0 Å². The van der Waals surface area contributed by atoms with Crippen LogP contribution in [0.15, 0.2) is 48.5 Å². The first-order chi connectivity index (χ1) is 10.6. The zero-order chi connectivity index (χ0) is 15.9. The summed E-state index contributed by atoms with van der Waals surface area (Å²) in [4.78, 5) is 0. The second-order valence-electron chi connectivity index (χ2n) is 5.78. The fourth-order valence-electron chi connectivity index (χ4n) is 2.04. The van der Waals surface area contributed by atoms with E-state index in [2.05, 4.69) is 52.0 Å². The Hall–Kier alpha value is -1.06. The number of ether oxygens (including phenoxy) is 1. The van der Waals surface area contributed by atoms with Crippen LogP contribution in [0, 0.1) is 0 Å². The molecule has 0 bridgehead atoms. The van der Waals surface area contributed by atoms with Crippen molar-refractivity contribution in [2.45, 2.75) is 44.6 Å². The Labute approximate surface area is 142 Å². The van der Waals surface area contributed by atoms with Crippen LogP contribution in [0.4, 0.5) is 0 Å². The monoisotopic (exact) mass is 332 g/mol. The van der Waals surface area contributed by atoms with Gasteiger partial charge in [-0.15, -0.1) is 0 Å². The lowest BCUT2D eigenvalue weighted by atomic mass is 10.0. The Morgan fingerprint density at radius 2 is 1.14 bits per heavy atom. The van der Waals surface area contributed by atoms with Crippen molar-refractivity contribution in [1.82, 2.24) is 0 Å². The third kappa shape index (κ3) is 5.29. The molecule has 0 atom stereocenters. The second kappa shape index (κ2) is 8.54. The van der Waals surface area contributed by atoms with Crippen LogP contribution in [0.3, 0.4) is 0 Å². The van der Waals surface area contributed by atoms with Gasteiger partial charge < -0.3 is 4.74 Å². The Kier molecular flexibility index (Phi) is 6.71. The summed E-state index contributed by atoms with van der Waals surface area (Å²) in [6.07, 6.45) is 0.979. The van der Waals surface area contributed by atoms with Gasteiger partial charge in [-0.1, -0.05) is 85.7 Å². The summed E-state index contributed by atoms with van der Waals surface area (Å²) >= 11 is 0. The Balaban J connectivity index is 0.000000192. The molecule has 1 nitrogen and oxygen atoms in total. The SMILES string of the molecule is CC(C)SSC(C)C.c1ccc2c(c1)Cc1ccccc1O2. The van der Waals surface area contributed by atoms with Crippen molar-refractivity contribution in [3.63, 3.8) is 0 Å². The molecule has 0 aromatic heterocycles. The number of hydrogen-bond donors (Lipinski definition) is 0. The molecule has 22 heavy (non-hydrogen) atoms. The predicted octanol–water partition coefficient (Wildman–Crippen LogP) is 6.57. The van der Waals surface area contributed by atoms with E-state index in [9.17, 15) is 0 Å². The molecule has 3 heteroatoms. The van der Waals surface area contributed by atoms with Crippen molar-refractivity contribution >= 4 is 21.6 Å². The topological polar surface area (TPSA) is 9.23 Å². The Morgan fingerprint density at radius 3 is 1.55 bits per heavy atom. The summed E-state index contributed by atoms with van der Waals surface area (Å²) in [5.74, 6) is 1.98. The maximum absolute atomic E-state index is 5.78. The van der Waals surface area contributed by atoms with Crippen LogP contribution in [-0.4, -0.2) is 10.5 Å². The van der Waals surface area contributed by atoms with E-state index in [1.807, 2.05) is 45.9 Å². The van der Waals surface area contributed by atoms with Gasteiger partial charge in [-0.3, -0.25) is 0 Å². The van der Waals surface area contributed by atoms with Gasteiger partial charge in [-0.25, -0.2) is 0 Å². The minimum Gasteiger partial charge on any atom is -0.457 e. The summed E-state index contributed by atoms with van der Waals surface area (Å²) in [7, 11) is 3.91. The minimum absolute atomic E-state index is 0.766. The van der Waals surface area contributed by atoms with Crippen LogP contribution in [0.5, 0.6) is 11.5 Å². The van der Waals surface area contributed by atoms with Gasteiger partial charge in [0.1, 0.15) is 11.5 Å². The van der Waals surface area contributed by atoms with E-state index >= 15 is 0 Å². The van der Waals surface area contributed by atoms with Crippen LogP contribution < -0.4 is 4.74 Å². The minimum atomic E-state index is 0.766. The lowest BCUT2D eigenvalue weighted by molar-refractivity contribution is 0.460. The third-order valence-electron chi connectivity index (χ3n) is 2.99. The molecule has 1 aliphatic heterocycles. The average Bonchev–Trinajstić information content (AvgIpc) is 2.51. The standard InChI is InChI=1S/C13H10O.C6H14S2/c1-3-7-12-10(5-1)9-11-6-2-4-8-13(11)14-12;1-5(2)7-8-6(3)4/h1-8H,9H2;5-6H,1-4H3. The molecule has 0 N–H and O–H groups in total. The molecule has 0 unspecified atom stereocenters. The number of hydrogen-bond acceptors (Lipinski definition) is 3. The van der Waals surface area contributed by atoms with Gasteiger partial charge in [-0.2, -0.15) is 0 Å². The van der Waals surface area contributed by atoms with Crippen LogP contribution >= 0.6 is 21.6 Å². The molecule has 0 saturated carbocycles. The van der Waals surface area contributed by atoms with Gasteiger partial charge in [0.15, 0.2) is 0 Å². The summed E-state index contributed by atoms with van der Waals surface area (Å²) in [6.45, 7) is 8.89. The highest BCUT2D eigenvalue weighted by molar-refractivity contribution is 8.77. The molecule has 0 aliphatic carbocycles.